The largest absolute Gasteiger partial charge is 0.433 e. The van der Waals surface area contributed by atoms with Crippen LogP contribution in [0, 0.1) is 12.3 Å². The number of anilines is 1. The first-order valence-corrected chi connectivity index (χ1v) is 9.08. The fraction of sp³-hybridized carbons (Fsp3) is 0.455. The summed E-state index contributed by atoms with van der Waals surface area (Å²) >= 11 is 0. The van der Waals surface area contributed by atoms with Gasteiger partial charge in [-0.25, -0.2) is 0 Å². The lowest BCUT2D eigenvalue weighted by Gasteiger charge is -2.61. The fourth-order valence-electron chi connectivity index (χ4n) is 5.37. The maximum Gasteiger partial charge on any atom is 0.297 e. The van der Waals surface area contributed by atoms with Crippen LogP contribution in [0.1, 0.15) is 57.1 Å². The molecule has 4 heterocycles. The molecule has 1 aromatic carbocycles. The van der Waals surface area contributed by atoms with Crippen LogP contribution in [0.15, 0.2) is 39.4 Å². The van der Waals surface area contributed by atoms with Crippen LogP contribution >= 0.6 is 0 Å². The van der Waals surface area contributed by atoms with Crippen molar-refractivity contribution in [2.45, 2.75) is 59.0 Å². The third-order valence-corrected chi connectivity index (χ3v) is 7.68. The van der Waals surface area contributed by atoms with Gasteiger partial charge >= 0.3 is 0 Å². The third kappa shape index (κ3) is 1.42. The van der Waals surface area contributed by atoms with Gasteiger partial charge in [0.05, 0.1) is 23.7 Å². The standard InChI is InChI=1S/C22H25NO2/c1-13-8-7-9-15-18(13)23-12-16-17(14-10-11-24-19(14)25-16)22(23,6)21(4,5)20(15,2)3/h7-11H,12H2,1-6H3. The predicted molar refractivity (Wildman–Crippen MR) is 100 cm³/mol. The molecule has 5 rings (SSSR count). The van der Waals surface area contributed by atoms with Gasteiger partial charge in [0.15, 0.2) is 0 Å². The van der Waals surface area contributed by atoms with Gasteiger partial charge in [-0.2, -0.15) is 0 Å². The van der Waals surface area contributed by atoms with Gasteiger partial charge in [0.2, 0.25) is 0 Å². The quantitative estimate of drug-likeness (QED) is 0.513. The lowest BCUT2D eigenvalue weighted by Crippen LogP contribution is -2.61. The number of para-hydroxylation sites is 1. The van der Waals surface area contributed by atoms with Gasteiger partial charge in [-0.05, 0) is 36.5 Å². The molecule has 3 aromatic rings. The molecule has 1 unspecified atom stereocenters. The van der Waals surface area contributed by atoms with Crippen LogP contribution in [-0.4, -0.2) is 0 Å². The molecule has 0 spiro atoms. The third-order valence-electron chi connectivity index (χ3n) is 7.68. The Morgan fingerprint density at radius 1 is 1.04 bits per heavy atom. The highest BCUT2D eigenvalue weighted by atomic mass is 16.5. The maximum absolute atomic E-state index is 6.12. The van der Waals surface area contributed by atoms with Crippen molar-refractivity contribution in [3.63, 3.8) is 0 Å². The van der Waals surface area contributed by atoms with Crippen LogP contribution in [0.4, 0.5) is 5.69 Å². The zero-order valence-electron chi connectivity index (χ0n) is 15.9. The van der Waals surface area contributed by atoms with E-state index in [4.69, 9.17) is 8.83 Å². The summed E-state index contributed by atoms with van der Waals surface area (Å²) < 4.78 is 11.7. The monoisotopic (exact) mass is 335 g/mol. The van der Waals surface area contributed by atoms with E-state index in [1.54, 1.807) is 6.26 Å². The van der Waals surface area contributed by atoms with Gasteiger partial charge in [0.25, 0.3) is 5.78 Å². The molecule has 2 aliphatic rings. The Kier molecular flexibility index (Phi) is 2.51. The van der Waals surface area contributed by atoms with Crippen LogP contribution < -0.4 is 4.90 Å². The van der Waals surface area contributed by atoms with Crippen LogP contribution in [0.25, 0.3) is 11.2 Å². The summed E-state index contributed by atoms with van der Waals surface area (Å²) in [5.41, 5.74) is 5.32. The second-order valence-electron chi connectivity index (χ2n) is 8.90. The molecule has 2 aromatic heterocycles. The molecular weight excluding hydrogens is 310 g/mol. The molecule has 0 saturated heterocycles. The molecular formula is C22H25NO2. The molecule has 0 bridgehead atoms. The van der Waals surface area contributed by atoms with E-state index in [1.165, 1.54) is 22.4 Å². The lowest BCUT2D eigenvalue weighted by atomic mass is 9.51. The number of hydrogen-bond donors (Lipinski definition) is 0. The molecule has 3 nitrogen and oxygen atoms in total. The second-order valence-corrected chi connectivity index (χ2v) is 8.90. The summed E-state index contributed by atoms with van der Waals surface area (Å²) in [7, 11) is 0. The van der Waals surface area contributed by atoms with E-state index in [-0.39, 0.29) is 16.4 Å². The van der Waals surface area contributed by atoms with Crippen molar-refractivity contribution in [3.8, 4) is 0 Å². The molecule has 130 valence electrons. The summed E-state index contributed by atoms with van der Waals surface area (Å²) in [6, 6.07) is 8.78. The first-order valence-electron chi connectivity index (χ1n) is 9.08. The van der Waals surface area contributed by atoms with Crippen LogP contribution in [-0.2, 0) is 17.5 Å². The zero-order chi connectivity index (χ0) is 17.8. The molecule has 0 amide bonds. The summed E-state index contributed by atoms with van der Waals surface area (Å²) in [4.78, 5) is 2.57. The molecule has 0 radical (unpaired) electrons. The van der Waals surface area contributed by atoms with Crippen molar-refractivity contribution in [2.24, 2.45) is 5.41 Å². The smallest absolute Gasteiger partial charge is 0.297 e. The van der Waals surface area contributed by atoms with E-state index in [0.29, 0.717) is 5.78 Å². The lowest BCUT2D eigenvalue weighted by molar-refractivity contribution is 0.0692. The average molecular weight is 335 g/mol. The van der Waals surface area contributed by atoms with Gasteiger partial charge in [0, 0.05) is 16.7 Å². The number of fused-ring (bicyclic) bond motifs is 7. The Bertz CT molecular complexity index is 1020. The first kappa shape index (κ1) is 15.1. The Morgan fingerprint density at radius 2 is 1.80 bits per heavy atom. The van der Waals surface area contributed by atoms with Crippen molar-refractivity contribution in [1.29, 1.82) is 0 Å². The number of rotatable bonds is 0. The van der Waals surface area contributed by atoms with Crippen molar-refractivity contribution in [1.82, 2.24) is 0 Å². The SMILES string of the molecule is Cc1cccc2c1N1Cc3oc4occc4c3C1(C)C(C)(C)C2(C)C. The number of hydrogen-bond acceptors (Lipinski definition) is 3. The topological polar surface area (TPSA) is 29.5 Å². The van der Waals surface area contributed by atoms with Crippen molar-refractivity contribution in [3.05, 3.63) is 53.0 Å². The highest BCUT2D eigenvalue weighted by molar-refractivity contribution is 5.84. The van der Waals surface area contributed by atoms with Gasteiger partial charge in [-0.3, -0.25) is 0 Å². The highest BCUT2D eigenvalue weighted by Crippen LogP contribution is 2.66. The average Bonchev–Trinajstić information content (AvgIpc) is 3.17. The summed E-state index contributed by atoms with van der Waals surface area (Å²) in [5.74, 6) is 1.71. The van der Waals surface area contributed by atoms with Gasteiger partial charge in [0.1, 0.15) is 5.76 Å². The van der Waals surface area contributed by atoms with Gasteiger partial charge in [-0.1, -0.05) is 45.9 Å². The Balaban J connectivity index is 1.91. The van der Waals surface area contributed by atoms with Gasteiger partial charge in [-0.15, -0.1) is 0 Å². The number of nitrogens with zero attached hydrogens (tertiary/aromatic N) is 1. The van der Waals surface area contributed by atoms with Crippen molar-refractivity contribution < 1.29 is 8.83 Å². The van der Waals surface area contributed by atoms with E-state index in [0.717, 1.165) is 17.7 Å². The van der Waals surface area contributed by atoms with E-state index in [9.17, 15) is 0 Å². The van der Waals surface area contributed by atoms with E-state index in [1.807, 2.05) is 0 Å². The normalized spacial score (nSPS) is 25.8. The molecule has 2 aliphatic heterocycles. The number of benzene rings is 1. The minimum atomic E-state index is -0.153. The minimum Gasteiger partial charge on any atom is -0.433 e. The number of furan rings is 2. The van der Waals surface area contributed by atoms with Crippen LogP contribution in [0.3, 0.4) is 0 Å². The molecule has 0 saturated carbocycles. The highest BCUT2D eigenvalue weighted by Gasteiger charge is 2.63. The first-order chi connectivity index (χ1) is 11.7. The molecule has 3 heteroatoms. The second kappa shape index (κ2) is 4.14. The zero-order valence-corrected chi connectivity index (χ0v) is 15.9. The van der Waals surface area contributed by atoms with Crippen LogP contribution in [0.5, 0.6) is 0 Å². The molecule has 25 heavy (non-hydrogen) atoms. The fourth-order valence-corrected chi connectivity index (χ4v) is 5.37. The Hall–Kier alpha value is -2.16. The van der Waals surface area contributed by atoms with Gasteiger partial charge < -0.3 is 13.7 Å². The predicted octanol–water partition coefficient (Wildman–Crippen LogP) is 5.89. The molecule has 0 aliphatic carbocycles. The van der Waals surface area contributed by atoms with E-state index < -0.39 is 0 Å². The summed E-state index contributed by atoms with van der Waals surface area (Å²) in [6.45, 7) is 15.0. The molecule has 0 N–H and O–H groups in total. The summed E-state index contributed by atoms with van der Waals surface area (Å²) in [6.07, 6.45) is 1.74. The molecule has 1 atom stereocenters. The minimum absolute atomic E-state index is 0.000116. The summed E-state index contributed by atoms with van der Waals surface area (Å²) in [5, 5.41) is 1.13. The van der Waals surface area contributed by atoms with Crippen LogP contribution in [0.2, 0.25) is 0 Å². The maximum atomic E-state index is 6.12. The number of aryl methyl sites for hydroxylation is 1. The van der Waals surface area contributed by atoms with Crippen molar-refractivity contribution in [2.75, 3.05) is 4.90 Å². The van der Waals surface area contributed by atoms with E-state index >= 15 is 0 Å². The van der Waals surface area contributed by atoms with Crippen molar-refractivity contribution >= 4 is 16.9 Å². The Morgan fingerprint density at radius 3 is 2.56 bits per heavy atom. The Labute approximate surface area is 148 Å². The molecule has 0 fully saturated rings. The van der Waals surface area contributed by atoms with E-state index in [2.05, 4.69) is 70.7 Å².